The Hall–Kier alpha value is -2.36. The standard InChI is InChI=1S/C24H33NO8/c1-12-6-7-16(31-5)20-18(12)23-8-9-25(4)14(3)24(23,30)11-13(2)19(21(23)33-20)32-17(27)10-15(26)22(28)29/h6-7,13-15,19,21,26,30H,8-11H2,1-5H3,(H,28,29)/t13?,14-,15-,19?,21-,23?,24-/m1/s1. The van der Waals surface area contributed by atoms with E-state index in [1.54, 1.807) is 7.11 Å². The first-order valence-corrected chi connectivity index (χ1v) is 11.4. The number of aliphatic hydroxyl groups is 2. The SMILES string of the molecule is COc1ccc(C)c2c1O[C@@H]1C(OC(=O)C[C@@H](O)C(=O)O)C(C)C[C@@]3(O)[C@@H](C)N(C)CCC213. The summed E-state index contributed by atoms with van der Waals surface area (Å²) < 4.78 is 17.9. The van der Waals surface area contributed by atoms with E-state index in [2.05, 4.69) is 4.90 Å². The maximum atomic E-state index is 12.6. The summed E-state index contributed by atoms with van der Waals surface area (Å²) in [4.78, 5) is 25.7. The molecule has 1 aliphatic carbocycles. The second-order valence-electron chi connectivity index (χ2n) is 9.82. The topological polar surface area (TPSA) is 126 Å². The van der Waals surface area contributed by atoms with E-state index in [9.17, 15) is 19.8 Å². The van der Waals surface area contributed by atoms with Crippen molar-refractivity contribution in [3.63, 3.8) is 0 Å². The van der Waals surface area contributed by atoms with Crippen LogP contribution in [0.3, 0.4) is 0 Å². The number of rotatable bonds is 5. The molecule has 9 heteroatoms. The molecule has 1 aromatic carbocycles. The number of hydrogen-bond acceptors (Lipinski definition) is 8. The maximum absolute atomic E-state index is 12.6. The highest BCUT2D eigenvalue weighted by molar-refractivity contribution is 5.80. The minimum absolute atomic E-state index is 0.179. The molecule has 3 unspecified atom stereocenters. The number of esters is 1. The van der Waals surface area contributed by atoms with E-state index in [0.717, 1.165) is 11.1 Å². The van der Waals surface area contributed by atoms with Gasteiger partial charge in [0.05, 0.1) is 24.5 Å². The molecule has 4 rings (SSSR count). The molecule has 2 aliphatic heterocycles. The maximum Gasteiger partial charge on any atom is 0.333 e. The largest absolute Gasteiger partial charge is 0.493 e. The Bertz CT molecular complexity index is 966. The summed E-state index contributed by atoms with van der Waals surface area (Å²) in [5, 5.41) is 30.9. The molecule has 0 amide bonds. The van der Waals surface area contributed by atoms with Crippen LogP contribution in [0, 0.1) is 12.8 Å². The van der Waals surface area contributed by atoms with Crippen molar-refractivity contribution in [3.05, 3.63) is 23.3 Å². The number of hydrogen-bond donors (Lipinski definition) is 3. The fourth-order valence-electron chi connectivity index (χ4n) is 6.32. The molecule has 0 radical (unpaired) electrons. The summed E-state index contributed by atoms with van der Waals surface area (Å²) in [5.41, 5.74) is -0.150. The third kappa shape index (κ3) is 3.32. The van der Waals surface area contributed by atoms with Crippen LogP contribution in [0.15, 0.2) is 12.1 Å². The Kier molecular flexibility index (Phi) is 5.87. The van der Waals surface area contributed by atoms with Crippen LogP contribution >= 0.6 is 0 Å². The fraction of sp³-hybridized carbons (Fsp3) is 0.667. The third-order valence-corrected chi connectivity index (χ3v) is 8.12. The lowest BCUT2D eigenvalue weighted by Crippen LogP contribution is -2.75. The molecule has 1 saturated carbocycles. The van der Waals surface area contributed by atoms with Gasteiger partial charge in [-0.15, -0.1) is 0 Å². The number of piperidine rings is 1. The van der Waals surface area contributed by atoms with Gasteiger partial charge in [-0.2, -0.15) is 0 Å². The predicted molar refractivity (Wildman–Crippen MR) is 117 cm³/mol. The van der Waals surface area contributed by atoms with E-state index in [4.69, 9.17) is 19.3 Å². The minimum atomic E-state index is -1.84. The Balaban J connectivity index is 1.82. The van der Waals surface area contributed by atoms with E-state index in [1.165, 1.54) is 0 Å². The van der Waals surface area contributed by atoms with Crippen molar-refractivity contribution in [2.24, 2.45) is 5.92 Å². The summed E-state index contributed by atoms with van der Waals surface area (Å²) in [6.07, 6.45) is -2.95. The molecule has 2 fully saturated rings. The number of carboxylic acid groups (broad SMARTS) is 1. The van der Waals surface area contributed by atoms with Crippen LogP contribution in [-0.2, 0) is 19.7 Å². The van der Waals surface area contributed by atoms with Crippen molar-refractivity contribution < 1.29 is 39.1 Å². The number of benzene rings is 1. The van der Waals surface area contributed by atoms with Gasteiger partial charge >= 0.3 is 11.9 Å². The lowest BCUT2D eigenvalue weighted by Gasteiger charge is -2.61. The van der Waals surface area contributed by atoms with Crippen LogP contribution in [0.25, 0.3) is 0 Å². The first-order valence-electron chi connectivity index (χ1n) is 11.4. The van der Waals surface area contributed by atoms with Crippen LogP contribution in [0.2, 0.25) is 0 Å². The van der Waals surface area contributed by atoms with Crippen molar-refractivity contribution in [3.8, 4) is 11.5 Å². The number of ether oxygens (including phenoxy) is 3. The first kappa shape index (κ1) is 23.8. The molecular formula is C24H33NO8. The highest BCUT2D eigenvalue weighted by Gasteiger charge is 2.72. The number of nitrogens with zero attached hydrogens (tertiary/aromatic N) is 1. The number of aliphatic carboxylic acids is 1. The Morgan fingerprint density at radius 1 is 1.33 bits per heavy atom. The van der Waals surface area contributed by atoms with Gasteiger partial charge in [0, 0.05) is 11.6 Å². The van der Waals surface area contributed by atoms with Crippen molar-refractivity contribution in [1.82, 2.24) is 4.90 Å². The molecule has 7 atom stereocenters. The summed E-state index contributed by atoms with van der Waals surface area (Å²) in [6, 6.07) is 3.60. The normalized spacial score (nSPS) is 36.1. The van der Waals surface area contributed by atoms with Gasteiger partial charge in [0.25, 0.3) is 0 Å². The number of aliphatic hydroxyl groups excluding tert-OH is 1. The number of likely N-dealkylation sites (N-methyl/N-ethyl adjacent to an activating group) is 1. The quantitative estimate of drug-likeness (QED) is 0.553. The molecule has 1 spiro atoms. The number of carboxylic acids is 1. The molecule has 1 aromatic rings. The third-order valence-electron chi connectivity index (χ3n) is 8.12. The van der Waals surface area contributed by atoms with Crippen LogP contribution in [-0.4, -0.2) is 82.8 Å². The molecule has 3 aliphatic rings. The molecule has 33 heavy (non-hydrogen) atoms. The lowest BCUT2D eigenvalue weighted by molar-refractivity contribution is -0.221. The summed E-state index contributed by atoms with van der Waals surface area (Å²) in [5.74, 6) is -1.46. The second-order valence-corrected chi connectivity index (χ2v) is 9.82. The number of aryl methyl sites for hydroxylation is 1. The fourth-order valence-corrected chi connectivity index (χ4v) is 6.32. The zero-order valence-electron chi connectivity index (χ0n) is 19.7. The lowest BCUT2D eigenvalue weighted by atomic mass is 9.50. The number of methoxy groups -OCH3 is 1. The molecule has 1 saturated heterocycles. The first-order chi connectivity index (χ1) is 15.5. The van der Waals surface area contributed by atoms with Gasteiger partial charge < -0.3 is 34.4 Å². The van der Waals surface area contributed by atoms with Gasteiger partial charge in [-0.25, -0.2) is 4.79 Å². The van der Waals surface area contributed by atoms with Crippen molar-refractivity contribution in [2.45, 2.75) is 75.4 Å². The van der Waals surface area contributed by atoms with Crippen LogP contribution in [0.4, 0.5) is 0 Å². The zero-order valence-corrected chi connectivity index (χ0v) is 19.7. The Morgan fingerprint density at radius 3 is 2.67 bits per heavy atom. The van der Waals surface area contributed by atoms with Gasteiger partial charge in [0.1, 0.15) is 12.2 Å². The van der Waals surface area contributed by atoms with E-state index in [-0.39, 0.29) is 12.0 Å². The van der Waals surface area contributed by atoms with Gasteiger partial charge in [-0.3, -0.25) is 4.79 Å². The monoisotopic (exact) mass is 463 g/mol. The average Bonchev–Trinajstić information content (AvgIpc) is 3.11. The molecule has 3 N–H and O–H groups in total. The summed E-state index contributed by atoms with van der Waals surface area (Å²) in [7, 11) is 3.55. The molecule has 9 nitrogen and oxygen atoms in total. The number of fused-ring (bicyclic) bond motifs is 1. The van der Waals surface area contributed by atoms with Gasteiger partial charge in [-0.1, -0.05) is 13.0 Å². The molecule has 0 bridgehead atoms. The van der Waals surface area contributed by atoms with Crippen LogP contribution in [0.1, 0.15) is 44.2 Å². The Morgan fingerprint density at radius 2 is 2.03 bits per heavy atom. The van der Waals surface area contributed by atoms with E-state index in [0.29, 0.717) is 30.9 Å². The molecule has 2 heterocycles. The molecular weight excluding hydrogens is 430 g/mol. The van der Waals surface area contributed by atoms with Gasteiger partial charge in [0.2, 0.25) is 0 Å². The van der Waals surface area contributed by atoms with Crippen LogP contribution < -0.4 is 9.47 Å². The van der Waals surface area contributed by atoms with E-state index < -0.39 is 47.7 Å². The van der Waals surface area contributed by atoms with Crippen molar-refractivity contribution in [1.29, 1.82) is 0 Å². The number of likely N-dealkylation sites (tertiary alicyclic amines) is 1. The highest BCUT2D eigenvalue weighted by Crippen LogP contribution is 2.63. The summed E-state index contributed by atoms with van der Waals surface area (Å²) in [6.45, 7) is 6.59. The van der Waals surface area contributed by atoms with E-state index >= 15 is 0 Å². The second kappa shape index (κ2) is 8.14. The summed E-state index contributed by atoms with van der Waals surface area (Å²) >= 11 is 0. The van der Waals surface area contributed by atoms with Gasteiger partial charge in [-0.05, 0) is 57.8 Å². The number of carbonyl (C=O) groups excluding carboxylic acids is 1. The van der Waals surface area contributed by atoms with Gasteiger partial charge in [0.15, 0.2) is 17.6 Å². The average molecular weight is 464 g/mol. The predicted octanol–water partition coefficient (Wildman–Crippen LogP) is 1.24. The zero-order chi connectivity index (χ0) is 24.3. The molecule has 182 valence electrons. The number of carbonyl (C=O) groups is 2. The van der Waals surface area contributed by atoms with Crippen molar-refractivity contribution >= 4 is 11.9 Å². The molecule has 0 aromatic heterocycles. The highest BCUT2D eigenvalue weighted by atomic mass is 16.6. The van der Waals surface area contributed by atoms with Crippen LogP contribution in [0.5, 0.6) is 11.5 Å². The smallest absolute Gasteiger partial charge is 0.333 e. The van der Waals surface area contributed by atoms with E-state index in [1.807, 2.05) is 40.0 Å². The Labute approximate surface area is 193 Å². The minimum Gasteiger partial charge on any atom is -0.493 e. The van der Waals surface area contributed by atoms with Crippen molar-refractivity contribution in [2.75, 3.05) is 20.7 Å².